The maximum Gasteiger partial charge on any atom is 0.119 e. The maximum atomic E-state index is 6.19. The molecule has 0 bridgehead atoms. The fourth-order valence-electron chi connectivity index (χ4n) is 1.76. The zero-order valence-electron chi connectivity index (χ0n) is 10.4. The van der Waals surface area contributed by atoms with Crippen molar-refractivity contribution in [3.8, 4) is 5.75 Å². The Balaban J connectivity index is 2.10. The van der Waals surface area contributed by atoms with Gasteiger partial charge in [-0.3, -0.25) is 0 Å². The molecule has 3 heteroatoms. The van der Waals surface area contributed by atoms with Crippen molar-refractivity contribution in [1.29, 1.82) is 0 Å². The van der Waals surface area contributed by atoms with E-state index in [2.05, 4.69) is 34.6 Å². The number of hydrogen-bond acceptors (Lipinski definition) is 1. The molecule has 0 aliphatic heterocycles. The van der Waals surface area contributed by atoms with Crippen LogP contribution in [0.3, 0.4) is 0 Å². The van der Waals surface area contributed by atoms with Gasteiger partial charge < -0.3 is 4.74 Å². The molecule has 0 aliphatic rings. The number of ether oxygens (including phenoxy) is 1. The highest BCUT2D eigenvalue weighted by atomic mass is 79.9. The van der Waals surface area contributed by atoms with Crippen molar-refractivity contribution in [2.24, 2.45) is 0 Å². The molecule has 0 saturated heterocycles. The predicted octanol–water partition coefficient (Wildman–Crippen LogP) is 5.26. The van der Waals surface area contributed by atoms with E-state index in [-0.39, 0.29) is 0 Å². The van der Waals surface area contributed by atoms with E-state index in [4.69, 9.17) is 16.3 Å². The molecular formula is C16H14BrClO. The Morgan fingerprint density at radius 3 is 2.58 bits per heavy atom. The predicted molar refractivity (Wildman–Crippen MR) is 84.1 cm³/mol. The second-order valence-electron chi connectivity index (χ2n) is 4.16. The Kier molecular flexibility index (Phi) is 5.06. The van der Waals surface area contributed by atoms with E-state index < -0.39 is 0 Å². The number of rotatable bonds is 5. The molecule has 0 N–H and O–H groups in total. The van der Waals surface area contributed by atoms with Crippen molar-refractivity contribution < 1.29 is 4.74 Å². The molecule has 1 nitrogen and oxygen atoms in total. The first-order valence-electron chi connectivity index (χ1n) is 5.95. The second-order valence-corrected chi connectivity index (χ2v) is 5.48. The quantitative estimate of drug-likeness (QED) is 0.676. The van der Waals surface area contributed by atoms with Gasteiger partial charge in [-0.15, -0.1) is 0 Å². The van der Waals surface area contributed by atoms with Crippen molar-refractivity contribution >= 4 is 27.5 Å². The number of halogens is 2. The SMILES string of the molecule is C=CCOc1ccc(Cc2cc(Br)ccc2Cl)cc1. The summed E-state index contributed by atoms with van der Waals surface area (Å²) >= 11 is 9.65. The van der Waals surface area contributed by atoms with E-state index in [1.165, 1.54) is 5.56 Å². The van der Waals surface area contributed by atoms with E-state index in [0.717, 1.165) is 27.2 Å². The monoisotopic (exact) mass is 336 g/mol. The third-order valence-electron chi connectivity index (χ3n) is 2.69. The van der Waals surface area contributed by atoms with Crippen LogP contribution in [0.15, 0.2) is 59.6 Å². The number of hydrogen-bond donors (Lipinski definition) is 0. The molecule has 0 radical (unpaired) electrons. The molecule has 19 heavy (non-hydrogen) atoms. The molecular weight excluding hydrogens is 324 g/mol. The van der Waals surface area contributed by atoms with Crippen molar-refractivity contribution in [3.63, 3.8) is 0 Å². The minimum Gasteiger partial charge on any atom is -0.490 e. The summed E-state index contributed by atoms with van der Waals surface area (Å²) in [5, 5.41) is 0.787. The molecule has 0 aromatic heterocycles. The molecule has 2 rings (SSSR count). The van der Waals surface area contributed by atoms with Gasteiger partial charge in [0.15, 0.2) is 0 Å². The van der Waals surface area contributed by atoms with E-state index in [9.17, 15) is 0 Å². The van der Waals surface area contributed by atoms with Crippen LogP contribution in [-0.4, -0.2) is 6.61 Å². The van der Waals surface area contributed by atoms with E-state index >= 15 is 0 Å². The first-order valence-corrected chi connectivity index (χ1v) is 7.12. The Hall–Kier alpha value is -1.25. The summed E-state index contributed by atoms with van der Waals surface area (Å²) in [6.45, 7) is 4.15. The van der Waals surface area contributed by atoms with Gasteiger partial charge in [-0.2, -0.15) is 0 Å². The standard InChI is InChI=1S/C16H14BrClO/c1-2-9-19-15-6-3-12(4-7-15)10-13-11-14(17)5-8-16(13)18/h2-8,11H,1,9-10H2. The van der Waals surface area contributed by atoms with Crippen LogP contribution in [0, 0.1) is 0 Å². The van der Waals surface area contributed by atoms with Gasteiger partial charge >= 0.3 is 0 Å². The fourth-order valence-corrected chi connectivity index (χ4v) is 2.35. The van der Waals surface area contributed by atoms with Gasteiger partial charge in [-0.25, -0.2) is 0 Å². The molecule has 0 atom stereocenters. The van der Waals surface area contributed by atoms with Gasteiger partial charge in [-0.05, 0) is 47.9 Å². The summed E-state index contributed by atoms with van der Waals surface area (Å²) in [5.74, 6) is 0.851. The maximum absolute atomic E-state index is 6.19. The molecule has 0 unspecified atom stereocenters. The zero-order chi connectivity index (χ0) is 13.7. The Morgan fingerprint density at radius 1 is 1.16 bits per heavy atom. The Morgan fingerprint density at radius 2 is 1.89 bits per heavy atom. The highest BCUT2D eigenvalue weighted by Gasteiger charge is 2.03. The van der Waals surface area contributed by atoms with Gasteiger partial charge in [0.2, 0.25) is 0 Å². The molecule has 0 spiro atoms. The average Bonchev–Trinajstić information content (AvgIpc) is 2.42. The van der Waals surface area contributed by atoms with Gasteiger partial charge in [0.05, 0.1) is 0 Å². The van der Waals surface area contributed by atoms with Gasteiger partial charge in [0, 0.05) is 9.50 Å². The van der Waals surface area contributed by atoms with E-state index in [1.54, 1.807) is 6.08 Å². The van der Waals surface area contributed by atoms with Crippen molar-refractivity contribution in [2.75, 3.05) is 6.61 Å². The third kappa shape index (κ3) is 4.12. The van der Waals surface area contributed by atoms with Crippen LogP contribution in [0.1, 0.15) is 11.1 Å². The molecule has 2 aromatic rings. The third-order valence-corrected chi connectivity index (χ3v) is 3.56. The number of benzene rings is 2. The van der Waals surface area contributed by atoms with Crippen LogP contribution in [0.2, 0.25) is 5.02 Å². The highest BCUT2D eigenvalue weighted by Crippen LogP contribution is 2.24. The van der Waals surface area contributed by atoms with Crippen LogP contribution in [0.4, 0.5) is 0 Å². The lowest BCUT2D eigenvalue weighted by Crippen LogP contribution is -1.94. The highest BCUT2D eigenvalue weighted by molar-refractivity contribution is 9.10. The summed E-state index contributed by atoms with van der Waals surface area (Å²) in [6, 6.07) is 13.9. The lowest BCUT2D eigenvalue weighted by molar-refractivity contribution is 0.363. The summed E-state index contributed by atoms with van der Waals surface area (Å²) in [6.07, 6.45) is 2.54. The lowest BCUT2D eigenvalue weighted by Gasteiger charge is -2.07. The molecule has 0 saturated carbocycles. The van der Waals surface area contributed by atoms with Gasteiger partial charge in [0.25, 0.3) is 0 Å². The molecule has 0 aliphatic carbocycles. The Bertz CT molecular complexity index is 563. The smallest absolute Gasteiger partial charge is 0.119 e. The van der Waals surface area contributed by atoms with Gasteiger partial charge in [0.1, 0.15) is 12.4 Å². The van der Waals surface area contributed by atoms with Crippen molar-refractivity contribution in [3.05, 3.63) is 75.7 Å². The summed E-state index contributed by atoms with van der Waals surface area (Å²) in [4.78, 5) is 0. The molecule has 0 heterocycles. The van der Waals surface area contributed by atoms with E-state index in [1.807, 2.05) is 30.3 Å². The largest absolute Gasteiger partial charge is 0.490 e. The topological polar surface area (TPSA) is 9.23 Å². The van der Waals surface area contributed by atoms with Crippen LogP contribution < -0.4 is 4.74 Å². The molecule has 0 amide bonds. The van der Waals surface area contributed by atoms with E-state index in [0.29, 0.717) is 6.61 Å². The lowest BCUT2D eigenvalue weighted by atomic mass is 10.1. The first-order chi connectivity index (χ1) is 9.19. The molecule has 2 aromatic carbocycles. The van der Waals surface area contributed by atoms with Crippen LogP contribution >= 0.6 is 27.5 Å². The zero-order valence-corrected chi connectivity index (χ0v) is 12.7. The van der Waals surface area contributed by atoms with Crippen LogP contribution in [0.25, 0.3) is 0 Å². The first kappa shape index (κ1) is 14.2. The van der Waals surface area contributed by atoms with Gasteiger partial charge in [-0.1, -0.05) is 52.3 Å². The summed E-state index contributed by atoms with van der Waals surface area (Å²) in [7, 11) is 0. The molecule has 98 valence electrons. The minimum absolute atomic E-state index is 0.525. The fraction of sp³-hybridized carbons (Fsp3) is 0.125. The van der Waals surface area contributed by atoms with Crippen molar-refractivity contribution in [2.45, 2.75) is 6.42 Å². The Labute approximate surface area is 127 Å². The second kappa shape index (κ2) is 6.78. The van der Waals surface area contributed by atoms with Crippen LogP contribution in [-0.2, 0) is 6.42 Å². The minimum atomic E-state index is 0.525. The average molecular weight is 338 g/mol. The molecule has 0 fully saturated rings. The normalized spacial score (nSPS) is 10.2. The van der Waals surface area contributed by atoms with Crippen LogP contribution in [0.5, 0.6) is 5.75 Å². The van der Waals surface area contributed by atoms with Crippen molar-refractivity contribution in [1.82, 2.24) is 0 Å². The summed E-state index contributed by atoms with van der Waals surface area (Å²) < 4.78 is 6.49. The summed E-state index contributed by atoms with van der Waals surface area (Å²) in [5.41, 5.74) is 2.31.